The van der Waals surface area contributed by atoms with Crippen LogP contribution in [0.15, 0.2) is 48.5 Å². The molecule has 4 nitrogen and oxygen atoms in total. The number of benzene rings is 2. The largest absolute Gasteiger partial charge is 0.497 e. The zero-order chi connectivity index (χ0) is 16.7. The number of carbonyl (C=O) groups excluding carboxylic acids is 1. The van der Waals surface area contributed by atoms with Gasteiger partial charge >= 0.3 is 0 Å². The second-order valence-electron chi connectivity index (χ2n) is 5.93. The van der Waals surface area contributed by atoms with Crippen molar-refractivity contribution in [3.63, 3.8) is 0 Å². The fourth-order valence-corrected chi connectivity index (χ4v) is 2.24. The summed E-state index contributed by atoms with van der Waals surface area (Å²) < 4.78 is 5.15. The molecule has 0 radical (unpaired) electrons. The third-order valence-electron chi connectivity index (χ3n) is 3.40. The van der Waals surface area contributed by atoms with E-state index in [1.165, 1.54) is 5.56 Å². The Morgan fingerprint density at radius 3 is 2.43 bits per heavy atom. The van der Waals surface area contributed by atoms with E-state index >= 15 is 0 Å². The Hall–Kier alpha value is -2.49. The molecule has 0 heterocycles. The van der Waals surface area contributed by atoms with Gasteiger partial charge in [0, 0.05) is 24.3 Å². The lowest BCUT2D eigenvalue weighted by atomic mass is 10.1. The van der Waals surface area contributed by atoms with Crippen LogP contribution in [-0.2, 0) is 11.3 Å². The fourth-order valence-electron chi connectivity index (χ4n) is 2.24. The maximum Gasteiger partial charge on any atom is 0.224 e. The van der Waals surface area contributed by atoms with Crippen molar-refractivity contribution in [3.05, 3.63) is 54.1 Å². The molecule has 23 heavy (non-hydrogen) atoms. The number of rotatable bonds is 7. The van der Waals surface area contributed by atoms with Gasteiger partial charge in [-0.3, -0.25) is 4.79 Å². The molecule has 0 saturated heterocycles. The highest BCUT2D eigenvalue weighted by molar-refractivity contribution is 5.91. The summed E-state index contributed by atoms with van der Waals surface area (Å²) >= 11 is 0. The van der Waals surface area contributed by atoms with Crippen molar-refractivity contribution in [1.29, 1.82) is 0 Å². The van der Waals surface area contributed by atoms with Gasteiger partial charge in [-0.25, -0.2) is 0 Å². The Morgan fingerprint density at radius 2 is 1.78 bits per heavy atom. The summed E-state index contributed by atoms with van der Waals surface area (Å²) in [4.78, 5) is 11.8. The summed E-state index contributed by atoms with van der Waals surface area (Å²) in [6, 6.07) is 15.7. The van der Waals surface area contributed by atoms with Crippen molar-refractivity contribution >= 4 is 17.3 Å². The first-order valence-electron chi connectivity index (χ1n) is 7.83. The molecule has 2 rings (SSSR count). The summed E-state index contributed by atoms with van der Waals surface area (Å²) in [6.07, 6.45) is 0.531. The van der Waals surface area contributed by atoms with Gasteiger partial charge in [0.05, 0.1) is 7.11 Å². The van der Waals surface area contributed by atoms with Crippen molar-refractivity contribution in [1.82, 2.24) is 0 Å². The van der Waals surface area contributed by atoms with Crippen molar-refractivity contribution in [2.45, 2.75) is 26.8 Å². The van der Waals surface area contributed by atoms with Crippen LogP contribution in [0.3, 0.4) is 0 Å². The van der Waals surface area contributed by atoms with E-state index in [9.17, 15) is 4.79 Å². The number of hydrogen-bond donors (Lipinski definition) is 2. The van der Waals surface area contributed by atoms with Crippen molar-refractivity contribution in [3.8, 4) is 5.75 Å². The van der Waals surface area contributed by atoms with Gasteiger partial charge in [0.15, 0.2) is 0 Å². The SMILES string of the molecule is COc1ccc(CNc2cccc(NC(=O)CC(C)C)c2)cc1. The van der Waals surface area contributed by atoms with E-state index < -0.39 is 0 Å². The van der Waals surface area contributed by atoms with Crippen LogP contribution < -0.4 is 15.4 Å². The molecule has 2 aromatic carbocycles. The standard InChI is InChI=1S/C19H24N2O2/c1-14(2)11-19(22)21-17-6-4-5-16(12-17)20-13-15-7-9-18(23-3)10-8-15/h4-10,12,14,20H,11,13H2,1-3H3,(H,21,22). The number of nitrogens with one attached hydrogen (secondary N) is 2. The molecular formula is C19H24N2O2. The highest BCUT2D eigenvalue weighted by Gasteiger charge is 2.05. The van der Waals surface area contributed by atoms with Gasteiger partial charge in [-0.15, -0.1) is 0 Å². The molecule has 0 saturated carbocycles. The molecule has 122 valence electrons. The molecule has 0 fully saturated rings. The number of hydrogen-bond acceptors (Lipinski definition) is 3. The van der Waals surface area contributed by atoms with E-state index in [1.54, 1.807) is 7.11 Å². The van der Waals surface area contributed by atoms with Gasteiger partial charge in [0.1, 0.15) is 5.75 Å². The highest BCUT2D eigenvalue weighted by atomic mass is 16.5. The molecular weight excluding hydrogens is 288 g/mol. The van der Waals surface area contributed by atoms with E-state index in [0.29, 0.717) is 18.9 Å². The zero-order valence-corrected chi connectivity index (χ0v) is 13.9. The minimum absolute atomic E-state index is 0.0484. The maximum atomic E-state index is 11.8. The Balaban J connectivity index is 1.92. The summed E-state index contributed by atoms with van der Waals surface area (Å²) in [6.45, 7) is 4.78. The summed E-state index contributed by atoms with van der Waals surface area (Å²) in [5.41, 5.74) is 2.96. The normalized spacial score (nSPS) is 10.4. The highest BCUT2D eigenvalue weighted by Crippen LogP contribution is 2.18. The summed E-state index contributed by atoms with van der Waals surface area (Å²) in [7, 11) is 1.66. The molecule has 0 spiro atoms. The molecule has 0 aliphatic carbocycles. The first kappa shape index (κ1) is 16.9. The van der Waals surface area contributed by atoms with Crippen LogP contribution in [0, 0.1) is 5.92 Å². The molecule has 0 atom stereocenters. The van der Waals surface area contributed by atoms with E-state index in [1.807, 2.05) is 62.4 Å². The van der Waals surface area contributed by atoms with Crippen molar-refractivity contribution < 1.29 is 9.53 Å². The second kappa shape index (κ2) is 8.22. The minimum atomic E-state index is 0.0484. The van der Waals surface area contributed by atoms with Crippen LogP contribution in [0.25, 0.3) is 0 Å². The molecule has 0 bridgehead atoms. The fraction of sp³-hybridized carbons (Fsp3) is 0.316. The van der Waals surface area contributed by atoms with E-state index in [4.69, 9.17) is 4.74 Å². The first-order valence-corrected chi connectivity index (χ1v) is 7.83. The van der Waals surface area contributed by atoms with Crippen LogP contribution in [-0.4, -0.2) is 13.0 Å². The predicted octanol–water partition coefficient (Wildman–Crippen LogP) is 4.29. The average Bonchev–Trinajstić information content (AvgIpc) is 2.53. The van der Waals surface area contributed by atoms with Gasteiger partial charge in [-0.05, 0) is 41.8 Å². The van der Waals surface area contributed by atoms with Crippen LogP contribution in [0.2, 0.25) is 0 Å². The maximum absolute atomic E-state index is 11.8. The predicted molar refractivity (Wildman–Crippen MR) is 94.8 cm³/mol. The van der Waals surface area contributed by atoms with Gasteiger partial charge in [0.2, 0.25) is 5.91 Å². The van der Waals surface area contributed by atoms with E-state index in [2.05, 4.69) is 10.6 Å². The number of ether oxygens (including phenoxy) is 1. The number of amides is 1. The molecule has 0 aliphatic heterocycles. The van der Waals surface area contributed by atoms with Crippen LogP contribution in [0.4, 0.5) is 11.4 Å². The molecule has 0 unspecified atom stereocenters. The lowest BCUT2D eigenvalue weighted by molar-refractivity contribution is -0.116. The smallest absolute Gasteiger partial charge is 0.224 e. The molecule has 2 N–H and O–H groups in total. The third kappa shape index (κ3) is 5.66. The Labute approximate surface area is 137 Å². The quantitative estimate of drug-likeness (QED) is 0.802. The molecule has 2 aromatic rings. The minimum Gasteiger partial charge on any atom is -0.497 e. The molecule has 0 aromatic heterocycles. The number of carbonyl (C=O) groups is 1. The third-order valence-corrected chi connectivity index (χ3v) is 3.40. The first-order chi connectivity index (χ1) is 11.1. The molecule has 4 heteroatoms. The molecule has 1 amide bonds. The topological polar surface area (TPSA) is 50.4 Å². The summed E-state index contributed by atoms with van der Waals surface area (Å²) in [5.74, 6) is 1.25. The van der Waals surface area contributed by atoms with Crippen molar-refractivity contribution in [2.75, 3.05) is 17.7 Å². The number of methoxy groups -OCH3 is 1. The van der Waals surface area contributed by atoms with E-state index in [0.717, 1.165) is 17.1 Å². The lowest BCUT2D eigenvalue weighted by Gasteiger charge is -2.11. The molecule has 0 aliphatic rings. The van der Waals surface area contributed by atoms with Gasteiger partial charge in [-0.1, -0.05) is 32.0 Å². The summed E-state index contributed by atoms with van der Waals surface area (Å²) in [5, 5.41) is 6.29. The zero-order valence-electron chi connectivity index (χ0n) is 13.9. The average molecular weight is 312 g/mol. The Kier molecular flexibility index (Phi) is 6.03. The van der Waals surface area contributed by atoms with Gasteiger partial charge in [0.25, 0.3) is 0 Å². The van der Waals surface area contributed by atoms with Gasteiger partial charge in [-0.2, -0.15) is 0 Å². The Morgan fingerprint density at radius 1 is 1.09 bits per heavy atom. The lowest BCUT2D eigenvalue weighted by Crippen LogP contribution is -2.13. The van der Waals surface area contributed by atoms with Crippen molar-refractivity contribution in [2.24, 2.45) is 5.92 Å². The van der Waals surface area contributed by atoms with E-state index in [-0.39, 0.29) is 5.91 Å². The monoisotopic (exact) mass is 312 g/mol. The Bertz CT molecular complexity index is 636. The van der Waals surface area contributed by atoms with Crippen LogP contribution in [0.1, 0.15) is 25.8 Å². The van der Waals surface area contributed by atoms with Crippen LogP contribution >= 0.6 is 0 Å². The van der Waals surface area contributed by atoms with Crippen LogP contribution in [0.5, 0.6) is 5.75 Å². The number of anilines is 2. The van der Waals surface area contributed by atoms with Gasteiger partial charge < -0.3 is 15.4 Å². The second-order valence-corrected chi connectivity index (χ2v) is 5.93.